The zero-order valence-corrected chi connectivity index (χ0v) is 12.3. The largest absolute Gasteiger partial charge is 0.370 e. The lowest BCUT2D eigenvalue weighted by Gasteiger charge is -2.25. The first-order valence-electron chi connectivity index (χ1n) is 7.23. The Morgan fingerprint density at radius 1 is 1.48 bits per heavy atom. The summed E-state index contributed by atoms with van der Waals surface area (Å²) in [6.07, 6.45) is 4.94. The zero-order valence-electron chi connectivity index (χ0n) is 12.3. The van der Waals surface area contributed by atoms with Gasteiger partial charge in [-0.1, -0.05) is 6.07 Å². The Morgan fingerprint density at radius 3 is 2.95 bits per heavy atom. The standard InChI is InChI=1S/C15H22N4O2/c1-19-8-6-12(10-18-14(21)5-4-13(16)20)15(19)11-3-2-7-17-9-11/h2-3,7,9,12,15H,4-6,8,10H2,1H3,(H2,16,20)(H,18,21)/t12-,15-/m1/s1. The van der Waals surface area contributed by atoms with E-state index in [-0.39, 0.29) is 24.8 Å². The van der Waals surface area contributed by atoms with E-state index >= 15 is 0 Å². The quantitative estimate of drug-likeness (QED) is 0.796. The molecule has 2 atom stereocenters. The van der Waals surface area contributed by atoms with Crippen molar-refractivity contribution in [2.45, 2.75) is 25.3 Å². The first-order chi connectivity index (χ1) is 10.1. The molecule has 1 aromatic rings. The van der Waals surface area contributed by atoms with Crippen molar-refractivity contribution >= 4 is 11.8 Å². The number of aromatic nitrogens is 1. The highest BCUT2D eigenvalue weighted by molar-refractivity contribution is 5.82. The smallest absolute Gasteiger partial charge is 0.220 e. The van der Waals surface area contributed by atoms with E-state index in [9.17, 15) is 9.59 Å². The van der Waals surface area contributed by atoms with Crippen molar-refractivity contribution in [2.75, 3.05) is 20.1 Å². The SMILES string of the molecule is CN1CC[C@H](CNC(=O)CCC(N)=O)[C@H]1c1cccnc1. The lowest BCUT2D eigenvalue weighted by Crippen LogP contribution is -2.32. The van der Waals surface area contributed by atoms with E-state index in [1.807, 2.05) is 12.3 Å². The second kappa shape index (κ2) is 7.17. The average molecular weight is 290 g/mol. The van der Waals surface area contributed by atoms with Gasteiger partial charge < -0.3 is 11.1 Å². The van der Waals surface area contributed by atoms with Crippen LogP contribution in [-0.4, -0.2) is 41.8 Å². The number of carbonyl (C=O) groups is 2. The number of nitrogens with one attached hydrogen (secondary N) is 1. The third-order valence-corrected chi connectivity index (χ3v) is 3.96. The van der Waals surface area contributed by atoms with E-state index in [2.05, 4.69) is 28.3 Å². The molecule has 0 saturated carbocycles. The van der Waals surface area contributed by atoms with Crippen molar-refractivity contribution in [3.63, 3.8) is 0 Å². The van der Waals surface area contributed by atoms with Crippen LogP contribution in [0, 0.1) is 5.92 Å². The maximum Gasteiger partial charge on any atom is 0.220 e. The Bertz CT molecular complexity index is 492. The molecule has 1 fully saturated rings. The number of primary amides is 1. The third kappa shape index (κ3) is 4.26. The number of pyridine rings is 1. The maximum atomic E-state index is 11.7. The predicted molar refractivity (Wildman–Crippen MR) is 79.2 cm³/mol. The van der Waals surface area contributed by atoms with Crippen LogP contribution in [0.1, 0.15) is 30.9 Å². The van der Waals surface area contributed by atoms with Crippen molar-refractivity contribution in [1.82, 2.24) is 15.2 Å². The van der Waals surface area contributed by atoms with Gasteiger partial charge in [0.25, 0.3) is 0 Å². The fourth-order valence-corrected chi connectivity index (χ4v) is 2.89. The van der Waals surface area contributed by atoms with Crippen LogP contribution in [0.4, 0.5) is 0 Å². The second-order valence-electron chi connectivity index (χ2n) is 5.53. The lowest BCUT2D eigenvalue weighted by molar-refractivity contribution is -0.125. The molecule has 1 aliphatic heterocycles. The van der Waals surface area contributed by atoms with Gasteiger partial charge in [0, 0.05) is 37.8 Å². The molecule has 0 aromatic carbocycles. The van der Waals surface area contributed by atoms with E-state index < -0.39 is 5.91 Å². The third-order valence-electron chi connectivity index (χ3n) is 3.96. The van der Waals surface area contributed by atoms with Gasteiger partial charge in [0.2, 0.25) is 11.8 Å². The number of amides is 2. The Morgan fingerprint density at radius 2 is 2.29 bits per heavy atom. The predicted octanol–water partition coefficient (Wildman–Crippen LogP) is 0.456. The molecule has 0 radical (unpaired) electrons. The highest BCUT2D eigenvalue weighted by atomic mass is 16.2. The summed E-state index contributed by atoms with van der Waals surface area (Å²) in [6.45, 7) is 1.61. The molecule has 0 bridgehead atoms. The molecule has 2 heterocycles. The van der Waals surface area contributed by atoms with Crippen LogP contribution in [-0.2, 0) is 9.59 Å². The van der Waals surface area contributed by atoms with Crippen LogP contribution >= 0.6 is 0 Å². The van der Waals surface area contributed by atoms with Crippen LogP contribution in [0.2, 0.25) is 0 Å². The Labute approximate surface area is 124 Å². The fourth-order valence-electron chi connectivity index (χ4n) is 2.89. The first kappa shape index (κ1) is 15.4. The summed E-state index contributed by atoms with van der Waals surface area (Å²) in [7, 11) is 2.09. The fraction of sp³-hybridized carbons (Fsp3) is 0.533. The van der Waals surface area contributed by atoms with E-state index in [4.69, 9.17) is 5.73 Å². The van der Waals surface area contributed by atoms with Crippen LogP contribution in [0.5, 0.6) is 0 Å². The van der Waals surface area contributed by atoms with Crippen molar-refractivity contribution in [2.24, 2.45) is 11.7 Å². The molecule has 0 unspecified atom stereocenters. The van der Waals surface area contributed by atoms with Crippen molar-refractivity contribution < 1.29 is 9.59 Å². The number of nitrogens with zero attached hydrogens (tertiary/aromatic N) is 2. The summed E-state index contributed by atoms with van der Waals surface area (Å²) in [6, 6.07) is 4.28. The number of nitrogens with two attached hydrogens (primary N) is 1. The van der Waals surface area contributed by atoms with E-state index in [0.717, 1.165) is 13.0 Å². The highest BCUT2D eigenvalue weighted by Crippen LogP contribution is 2.35. The van der Waals surface area contributed by atoms with Crippen LogP contribution < -0.4 is 11.1 Å². The number of carbonyl (C=O) groups excluding carboxylic acids is 2. The zero-order chi connectivity index (χ0) is 15.2. The molecule has 2 amide bonds. The van der Waals surface area contributed by atoms with Gasteiger partial charge in [-0.05, 0) is 37.6 Å². The van der Waals surface area contributed by atoms with Crippen molar-refractivity contribution in [3.05, 3.63) is 30.1 Å². The minimum atomic E-state index is -0.445. The van der Waals surface area contributed by atoms with Crippen LogP contribution in [0.15, 0.2) is 24.5 Å². The molecule has 1 saturated heterocycles. The summed E-state index contributed by atoms with van der Waals surface area (Å²) < 4.78 is 0. The molecular formula is C15H22N4O2. The first-order valence-corrected chi connectivity index (χ1v) is 7.23. The minimum absolute atomic E-state index is 0.0996. The van der Waals surface area contributed by atoms with Gasteiger partial charge in [-0.25, -0.2) is 0 Å². The van der Waals surface area contributed by atoms with Crippen molar-refractivity contribution in [3.8, 4) is 0 Å². The molecule has 3 N–H and O–H groups in total. The molecule has 1 aliphatic rings. The summed E-state index contributed by atoms with van der Waals surface area (Å²) in [5, 5.41) is 2.91. The molecule has 0 aliphatic carbocycles. The number of likely N-dealkylation sites (tertiary alicyclic amines) is 1. The summed E-state index contributed by atoms with van der Waals surface area (Å²) in [5.74, 6) is -0.205. The summed E-state index contributed by atoms with van der Waals surface area (Å²) >= 11 is 0. The van der Waals surface area contributed by atoms with E-state index in [0.29, 0.717) is 12.5 Å². The highest BCUT2D eigenvalue weighted by Gasteiger charge is 2.33. The molecule has 21 heavy (non-hydrogen) atoms. The second-order valence-corrected chi connectivity index (χ2v) is 5.53. The van der Waals surface area contributed by atoms with Gasteiger partial charge in [-0.3, -0.25) is 19.5 Å². The topological polar surface area (TPSA) is 88.3 Å². The lowest BCUT2D eigenvalue weighted by atomic mass is 9.94. The van der Waals surface area contributed by atoms with Crippen LogP contribution in [0.3, 0.4) is 0 Å². The van der Waals surface area contributed by atoms with Gasteiger partial charge in [0.1, 0.15) is 0 Å². The average Bonchev–Trinajstić information content (AvgIpc) is 2.84. The summed E-state index contributed by atoms with van der Waals surface area (Å²) in [4.78, 5) is 28.8. The van der Waals surface area contributed by atoms with Gasteiger partial charge in [0.05, 0.1) is 0 Å². The molecule has 0 spiro atoms. The normalized spacial score (nSPS) is 22.1. The molecule has 6 nitrogen and oxygen atoms in total. The molecule has 114 valence electrons. The van der Waals surface area contributed by atoms with Gasteiger partial charge in [-0.2, -0.15) is 0 Å². The molecule has 1 aromatic heterocycles. The molecular weight excluding hydrogens is 268 g/mol. The molecule has 2 rings (SSSR count). The maximum absolute atomic E-state index is 11.7. The summed E-state index contributed by atoms with van der Waals surface area (Å²) in [5.41, 5.74) is 6.22. The molecule has 6 heteroatoms. The Kier molecular flexibility index (Phi) is 5.27. The number of rotatable bonds is 6. The number of hydrogen-bond acceptors (Lipinski definition) is 4. The Balaban J connectivity index is 1.90. The van der Waals surface area contributed by atoms with E-state index in [1.165, 1.54) is 5.56 Å². The minimum Gasteiger partial charge on any atom is -0.370 e. The van der Waals surface area contributed by atoms with Gasteiger partial charge in [0.15, 0.2) is 0 Å². The number of hydrogen-bond donors (Lipinski definition) is 2. The van der Waals surface area contributed by atoms with Gasteiger partial charge in [-0.15, -0.1) is 0 Å². The van der Waals surface area contributed by atoms with Gasteiger partial charge >= 0.3 is 0 Å². The monoisotopic (exact) mass is 290 g/mol. The van der Waals surface area contributed by atoms with Crippen LogP contribution in [0.25, 0.3) is 0 Å². The Hall–Kier alpha value is -1.95. The van der Waals surface area contributed by atoms with E-state index in [1.54, 1.807) is 6.20 Å². The van der Waals surface area contributed by atoms with Crippen molar-refractivity contribution in [1.29, 1.82) is 0 Å².